The van der Waals surface area contributed by atoms with Crippen LogP contribution >= 0.6 is 11.3 Å². The number of benzene rings is 1. The summed E-state index contributed by atoms with van der Waals surface area (Å²) in [4.78, 5) is 14.8. The van der Waals surface area contributed by atoms with Gasteiger partial charge in [-0.15, -0.1) is 10.2 Å². The van der Waals surface area contributed by atoms with E-state index in [1.54, 1.807) is 7.11 Å². The molecule has 1 saturated heterocycles. The van der Waals surface area contributed by atoms with Gasteiger partial charge in [-0.3, -0.25) is 4.79 Å². The summed E-state index contributed by atoms with van der Waals surface area (Å²) in [5.41, 5.74) is 1.17. The zero-order valence-corrected chi connectivity index (χ0v) is 14.8. The summed E-state index contributed by atoms with van der Waals surface area (Å²) in [6, 6.07) is 10.2. The molecule has 4 rings (SSSR count). The molecule has 0 unspecified atom stereocenters. The molecule has 25 heavy (non-hydrogen) atoms. The first kappa shape index (κ1) is 16.2. The van der Waals surface area contributed by atoms with Crippen molar-refractivity contribution in [3.05, 3.63) is 46.7 Å². The molecule has 0 N–H and O–H groups in total. The molecule has 0 spiro atoms. The summed E-state index contributed by atoms with van der Waals surface area (Å²) in [6.45, 7) is 1.89. The first-order valence-electron chi connectivity index (χ1n) is 8.26. The minimum atomic E-state index is 0.126. The van der Waals surface area contributed by atoms with Gasteiger partial charge in [0.2, 0.25) is 10.9 Å². The van der Waals surface area contributed by atoms with Gasteiger partial charge in [0.25, 0.3) is 0 Å². The average Bonchev–Trinajstić information content (AvgIpc) is 3.30. The number of aromatic nitrogens is 4. The Labute approximate surface area is 149 Å². The number of nitrogens with zero attached hydrogens (tertiary/aromatic N) is 5. The van der Waals surface area contributed by atoms with Crippen LogP contribution in [0.3, 0.4) is 0 Å². The Bertz CT molecular complexity index is 876. The number of hydrogen-bond acceptors (Lipinski definition) is 6. The van der Waals surface area contributed by atoms with Crippen molar-refractivity contribution in [1.82, 2.24) is 24.7 Å². The number of amides is 1. The molecule has 0 aliphatic carbocycles. The Morgan fingerprint density at radius 2 is 2.12 bits per heavy atom. The van der Waals surface area contributed by atoms with Crippen LogP contribution in [-0.2, 0) is 16.0 Å². The van der Waals surface area contributed by atoms with Gasteiger partial charge in [-0.2, -0.15) is 9.61 Å². The standard InChI is InChI=1S/C17H19N5O2S/c1-24-8-7-21-11-13(10-15(21)23)16-20-22-14(18-19-17(22)25-16)9-12-5-3-2-4-6-12/h2-6,13H,7-11H2,1H3/t13-/m0/s1. The molecule has 2 aromatic heterocycles. The SMILES string of the molecule is COCCN1C[C@@H](c2nn3c(Cc4ccccc4)nnc3s2)CC1=O. The maximum Gasteiger partial charge on any atom is 0.234 e. The lowest BCUT2D eigenvalue weighted by Gasteiger charge is -2.14. The minimum absolute atomic E-state index is 0.126. The second-order valence-electron chi connectivity index (χ2n) is 6.15. The van der Waals surface area contributed by atoms with Gasteiger partial charge < -0.3 is 9.64 Å². The largest absolute Gasteiger partial charge is 0.383 e. The highest BCUT2D eigenvalue weighted by Gasteiger charge is 2.33. The van der Waals surface area contributed by atoms with E-state index in [0.29, 0.717) is 32.5 Å². The molecule has 1 aromatic carbocycles. The summed E-state index contributed by atoms with van der Waals surface area (Å²) < 4.78 is 6.89. The van der Waals surface area contributed by atoms with Gasteiger partial charge in [0.1, 0.15) is 5.01 Å². The van der Waals surface area contributed by atoms with E-state index in [2.05, 4.69) is 22.3 Å². The highest BCUT2D eigenvalue weighted by atomic mass is 32.1. The van der Waals surface area contributed by atoms with Gasteiger partial charge in [-0.25, -0.2) is 0 Å². The summed E-state index contributed by atoms with van der Waals surface area (Å²) in [7, 11) is 1.65. The molecule has 3 aromatic rings. The number of carbonyl (C=O) groups is 1. The maximum absolute atomic E-state index is 12.1. The molecule has 1 atom stereocenters. The minimum Gasteiger partial charge on any atom is -0.383 e. The van der Waals surface area contributed by atoms with E-state index in [1.165, 1.54) is 16.9 Å². The van der Waals surface area contributed by atoms with Crippen LogP contribution in [0.5, 0.6) is 0 Å². The Kier molecular flexibility index (Phi) is 4.46. The van der Waals surface area contributed by atoms with Gasteiger partial charge in [0.05, 0.1) is 6.61 Å². The van der Waals surface area contributed by atoms with E-state index in [4.69, 9.17) is 9.84 Å². The van der Waals surface area contributed by atoms with Crippen LogP contribution in [0.25, 0.3) is 4.96 Å². The number of methoxy groups -OCH3 is 1. The average molecular weight is 357 g/mol. The smallest absolute Gasteiger partial charge is 0.234 e. The van der Waals surface area contributed by atoms with E-state index < -0.39 is 0 Å². The predicted molar refractivity (Wildman–Crippen MR) is 93.7 cm³/mol. The zero-order valence-electron chi connectivity index (χ0n) is 14.0. The fourth-order valence-corrected chi connectivity index (χ4v) is 4.03. The zero-order chi connectivity index (χ0) is 17.2. The lowest BCUT2D eigenvalue weighted by atomic mass is 10.1. The molecule has 1 aliphatic rings. The van der Waals surface area contributed by atoms with Crippen molar-refractivity contribution in [2.75, 3.05) is 26.8 Å². The molecule has 0 bridgehead atoms. The molecule has 1 amide bonds. The topological polar surface area (TPSA) is 72.6 Å². The first-order chi connectivity index (χ1) is 12.2. The van der Waals surface area contributed by atoms with Crippen LogP contribution in [0.1, 0.15) is 28.7 Å². The Balaban J connectivity index is 1.53. The molecular weight excluding hydrogens is 338 g/mol. The third kappa shape index (κ3) is 3.27. The van der Waals surface area contributed by atoms with Gasteiger partial charge in [0, 0.05) is 39.0 Å². The third-order valence-corrected chi connectivity index (χ3v) is 5.47. The van der Waals surface area contributed by atoms with E-state index in [-0.39, 0.29) is 11.8 Å². The predicted octanol–water partition coefficient (Wildman–Crippen LogP) is 1.74. The quantitative estimate of drug-likeness (QED) is 0.672. The molecule has 7 nitrogen and oxygen atoms in total. The lowest BCUT2D eigenvalue weighted by Crippen LogP contribution is -2.28. The van der Waals surface area contributed by atoms with Gasteiger partial charge >= 0.3 is 0 Å². The molecule has 0 radical (unpaired) electrons. The molecule has 3 heterocycles. The monoisotopic (exact) mass is 357 g/mol. The number of rotatable bonds is 6. The second kappa shape index (κ2) is 6.89. The van der Waals surface area contributed by atoms with Crippen LogP contribution in [0.15, 0.2) is 30.3 Å². The molecule has 1 aliphatic heterocycles. The van der Waals surface area contributed by atoms with Crippen LogP contribution in [0, 0.1) is 0 Å². The van der Waals surface area contributed by atoms with Crippen LogP contribution in [0.2, 0.25) is 0 Å². The highest BCUT2D eigenvalue weighted by molar-refractivity contribution is 7.16. The van der Waals surface area contributed by atoms with E-state index in [0.717, 1.165) is 15.8 Å². The fraction of sp³-hybridized carbons (Fsp3) is 0.412. The van der Waals surface area contributed by atoms with E-state index >= 15 is 0 Å². The summed E-state index contributed by atoms with van der Waals surface area (Å²) in [5, 5.41) is 14.2. The van der Waals surface area contributed by atoms with Gasteiger partial charge in [0.15, 0.2) is 5.82 Å². The lowest BCUT2D eigenvalue weighted by molar-refractivity contribution is -0.128. The molecule has 0 saturated carbocycles. The van der Waals surface area contributed by atoms with Crippen molar-refractivity contribution in [2.45, 2.75) is 18.8 Å². The number of hydrogen-bond donors (Lipinski definition) is 0. The van der Waals surface area contributed by atoms with Crippen LogP contribution in [0.4, 0.5) is 0 Å². The van der Waals surface area contributed by atoms with Crippen LogP contribution < -0.4 is 0 Å². The van der Waals surface area contributed by atoms with Crippen molar-refractivity contribution < 1.29 is 9.53 Å². The number of fused-ring (bicyclic) bond motifs is 1. The molecular formula is C17H19N5O2S. The van der Waals surface area contributed by atoms with Crippen molar-refractivity contribution in [1.29, 1.82) is 0 Å². The fourth-order valence-electron chi connectivity index (χ4n) is 3.08. The van der Waals surface area contributed by atoms with Gasteiger partial charge in [-0.05, 0) is 5.56 Å². The Morgan fingerprint density at radius 1 is 1.28 bits per heavy atom. The first-order valence-corrected chi connectivity index (χ1v) is 9.08. The normalized spacial score (nSPS) is 17.7. The molecule has 130 valence electrons. The number of carbonyl (C=O) groups excluding carboxylic acids is 1. The number of ether oxygens (including phenoxy) is 1. The van der Waals surface area contributed by atoms with Crippen molar-refractivity contribution in [3.8, 4) is 0 Å². The van der Waals surface area contributed by atoms with E-state index in [1.807, 2.05) is 27.6 Å². The highest BCUT2D eigenvalue weighted by Crippen LogP contribution is 2.31. The van der Waals surface area contributed by atoms with Crippen molar-refractivity contribution >= 4 is 22.2 Å². The van der Waals surface area contributed by atoms with Crippen molar-refractivity contribution in [2.24, 2.45) is 0 Å². The van der Waals surface area contributed by atoms with E-state index in [9.17, 15) is 4.79 Å². The van der Waals surface area contributed by atoms with Crippen molar-refractivity contribution in [3.63, 3.8) is 0 Å². The summed E-state index contributed by atoms with van der Waals surface area (Å²) in [6.07, 6.45) is 1.19. The third-order valence-electron chi connectivity index (χ3n) is 4.41. The molecule has 1 fully saturated rings. The summed E-state index contributed by atoms with van der Waals surface area (Å²) >= 11 is 1.52. The Morgan fingerprint density at radius 3 is 2.92 bits per heavy atom. The maximum atomic E-state index is 12.1. The second-order valence-corrected chi connectivity index (χ2v) is 7.13. The summed E-state index contributed by atoms with van der Waals surface area (Å²) in [5.74, 6) is 1.11. The van der Waals surface area contributed by atoms with Gasteiger partial charge in [-0.1, -0.05) is 41.7 Å². The van der Waals surface area contributed by atoms with Crippen LogP contribution in [-0.4, -0.2) is 57.4 Å². The number of likely N-dealkylation sites (tertiary alicyclic amines) is 1. The Hall–Kier alpha value is -2.32. The molecule has 8 heteroatoms.